The molecule has 0 spiro atoms. The van der Waals surface area contributed by atoms with Crippen LogP contribution in [-0.2, 0) is 19.7 Å². The number of methoxy groups -OCH3 is 1. The van der Waals surface area contributed by atoms with Crippen molar-refractivity contribution in [3.63, 3.8) is 0 Å². The third-order valence-corrected chi connectivity index (χ3v) is 3.25. The maximum absolute atomic E-state index is 11.8. The molecule has 0 bridgehead atoms. The molecule has 7 heteroatoms. The number of carbonyl (C=O) groups excluding carboxylic acids is 1. The van der Waals surface area contributed by atoms with Crippen LogP contribution in [0.25, 0.3) is 0 Å². The van der Waals surface area contributed by atoms with Crippen molar-refractivity contribution in [3.8, 4) is 5.75 Å². The Morgan fingerprint density at radius 3 is 2.72 bits per heavy atom. The van der Waals surface area contributed by atoms with E-state index in [0.29, 0.717) is 12.2 Å². The summed E-state index contributed by atoms with van der Waals surface area (Å²) in [5.74, 6) is -0.221. The maximum atomic E-state index is 11.8. The number of ether oxygens (including phenoxy) is 1. The monoisotopic (exact) mass is 273 g/mol. The van der Waals surface area contributed by atoms with Gasteiger partial charge in [-0.15, -0.1) is 0 Å². The van der Waals surface area contributed by atoms with Crippen LogP contribution in [0.5, 0.6) is 5.75 Å². The van der Waals surface area contributed by atoms with Crippen LogP contribution in [0.4, 0.5) is 0 Å². The topological polar surface area (TPSA) is 81.7 Å². The molecule has 0 aromatic heterocycles. The van der Waals surface area contributed by atoms with Crippen molar-refractivity contribution < 1.29 is 22.8 Å². The van der Waals surface area contributed by atoms with E-state index < -0.39 is 16.0 Å². The van der Waals surface area contributed by atoms with Crippen LogP contribution in [0.3, 0.4) is 0 Å². The Morgan fingerprint density at radius 2 is 2.11 bits per heavy atom. The third-order valence-electron chi connectivity index (χ3n) is 2.07. The molecule has 1 aromatic rings. The number of nitrogens with one attached hydrogen (secondary N) is 1. The van der Waals surface area contributed by atoms with Crippen molar-refractivity contribution in [1.82, 2.24) is 4.89 Å². The standard InChI is InChI=1S/C11H15NO5S/c1-3-5-11(13)17-12-18(14,15)10-7-4-6-9(8-10)16-2/h4,6-8,12H,3,5H2,1-2H3. The molecule has 0 aliphatic carbocycles. The van der Waals surface area contributed by atoms with Gasteiger partial charge in [0.05, 0.1) is 12.0 Å². The molecule has 6 nitrogen and oxygen atoms in total. The van der Waals surface area contributed by atoms with Crippen LogP contribution in [0.2, 0.25) is 0 Å². The molecule has 0 unspecified atom stereocenters. The van der Waals surface area contributed by atoms with Crippen LogP contribution >= 0.6 is 0 Å². The van der Waals surface area contributed by atoms with E-state index in [1.54, 1.807) is 17.9 Å². The molecule has 0 heterocycles. The minimum atomic E-state index is -3.88. The minimum Gasteiger partial charge on any atom is -0.497 e. The van der Waals surface area contributed by atoms with E-state index in [2.05, 4.69) is 4.84 Å². The summed E-state index contributed by atoms with van der Waals surface area (Å²) in [4.78, 5) is 17.3. The molecule has 18 heavy (non-hydrogen) atoms. The zero-order valence-corrected chi connectivity index (χ0v) is 11.0. The maximum Gasteiger partial charge on any atom is 0.326 e. The molecule has 0 saturated heterocycles. The first-order valence-electron chi connectivity index (χ1n) is 5.35. The SMILES string of the molecule is CCCC(=O)ONS(=O)(=O)c1cccc(OC)c1. The minimum absolute atomic E-state index is 0.0360. The van der Waals surface area contributed by atoms with Gasteiger partial charge in [0.15, 0.2) is 0 Å². The summed E-state index contributed by atoms with van der Waals surface area (Å²) >= 11 is 0. The Bertz CT molecular complexity index is 512. The van der Waals surface area contributed by atoms with Crippen molar-refractivity contribution in [2.75, 3.05) is 7.11 Å². The van der Waals surface area contributed by atoms with Crippen LogP contribution < -0.4 is 9.62 Å². The van der Waals surface area contributed by atoms with Gasteiger partial charge in [-0.1, -0.05) is 13.0 Å². The average molecular weight is 273 g/mol. The molecule has 0 radical (unpaired) electrons. The lowest BCUT2D eigenvalue weighted by Gasteiger charge is -2.07. The van der Waals surface area contributed by atoms with E-state index in [9.17, 15) is 13.2 Å². The second kappa shape index (κ2) is 6.36. The first-order valence-corrected chi connectivity index (χ1v) is 6.83. The summed E-state index contributed by atoms with van der Waals surface area (Å²) < 4.78 is 28.4. The van der Waals surface area contributed by atoms with Crippen LogP contribution in [0.15, 0.2) is 29.2 Å². The van der Waals surface area contributed by atoms with E-state index >= 15 is 0 Å². The van der Waals surface area contributed by atoms with E-state index in [0.717, 1.165) is 0 Å². The van der Waals surface area contributed by atoms with Gasteiger partial charge in [0.25, 0.3) is 10.0 Å². The highest BCUT2D eigenvalue weighted by atomic mass is 32.2. The van der Waals surface area contributed by atoms with Crippen LogP contribution in [0, 0.1) is 0 Å². The summed E-state index contributed by atoms with van der Waals surface area (Å²) in [5, 5.41) is 0. The Hall–Kier alpha value is -1.60. The second-order valence-electron chi connectivity index (χ2n) is 3.49. The molecule has 0 atom stereocenters. The summed E-state index contributed by atoms with van der Waals surface area (Å²) in [6.45, 7) is 1.79. The number of benzene rings is 1. The summed E-state index contributed by atoms with van der Waals surface area (Å²) in [7, 11) is -2.45. The number of carbonyl (C=O) groups is 1. The van der Waals surface area contributed by atoms with Gasteiger partial charge >= 0.3 is 5.97 Å². The average Bonchev–Trinajstić information content (AvgIpc) is 2.37. The Labute approximate surface area is 106 Å². The van der Waals surface area contributed by atoms with Gasteiger partial charge in [-0.3, -0.25) is 4.79 Å². The lowest BCUT2D eigenvalue weighted by atomic mass is 10.3. The highest BCUT2D eigenvalue weighted by molar-refractivity contribution is 7.89. The Morgan fingerprint density at radius 1 is 1.39 bits per heavy atom. The highest BCUT2D eigenvalue weighted by Gasteiger charge is 2.16. The molecule has 100 valence electrons. The Balaban J connectivity index is 2.76. The lowest BCUT2D eigenvalue weighted by Crippen LogP contribution is -2.27. The van der Waals surface area contributed by atoms with Crippen LogP contribution in [0.1, 0.15) is 19.8 Å². The predicted molar refractivity (Wildman–Crippen MR) is 64.3 cm³/mol. The second-order valence-corrected chi connectivity index (χ2v) is 5.13. The van der Waals surface area contributed by atoms with Crippen LogP contribution in [-0.4, -0.2) is 21.5 Å². The fourth-order valence-corrected chi connectivity index (χ4v) is 2.00. The van der Waals surface area contributed by atoms with Gasteiger partial charge in [0, 0.05) is 12.5 Å². The van der Waals surface area contributed by atoms with Crippen molar-refractivity contribution in [2.24, 2.45) is 0 Å². The zero-order chi connectivity index (χ0) is 13.6. The normalized spacial score (nSPS) is 11.0. The van der Waals surface area contributed by atoms with Gasteiger partial charge in [-0.2, -0.15) is 0 Å². The molecule has 1 rings (SSSR count). The summed E-state index contributed by atoms with van der Waals surface area (Å²) in [5.41, 5.74) is 0. The predicted octanol–water partition coefficient (Wildman–Crippen LogP) is 1.23. The van der Waals surface area contributed by atoms with Gasteiger partial charge in [-0.05, 0) is 23.4 Å². The van der Waals surface area contributed by atoms with Crippen molar-refractivity contribution in [3.05, 3.63) is 24.3 Å². The fourth-order valence-electron chi connectivity index (χ4n) is 1.17. The number of rotatable bonds is 6. The number of hydrogen-bond donors (Lipinski definition) is 1. The quantitative estimate of drug-likeness (QED) is 0.788. The van der Waals surface area contributed by atoms with Gasteiger partial charge in [0.1, 0.15) is 5.75 Å². The lowest BCUT2D eigenvalue weighted by molar-refractivity contribution is -0.147. The number of hydrogen-bond acceptors (Lipinski definition) is 5. The van der Waals surface area contributed by atoms with Gasteiger partial charge in [0.2, 0.25) is 0 Å². The number of sulfonamides is 1. The van der Waals surface area contributed by atoms with E-state index in [1.165, 1.54) is 25.3 Å². The van der Waals surface area contributed by atoms with Crippen molar-refractivity contribution in [1.29, 1.82) is 0 Å². The smallest absolute Gasteiger partial charge is 0.326 e. The largest absolute Gasteiger partial charge is 0.497 e. The molecule has 0 saturated carbocycles. The molecular formula is C11H15NO5S. The van der Waals surface area contributed by atoms with Gasteiger partial charge < -0.3 is 9.57 Å². The third kappa shape index (κ3) is 4.01. The van der Waals surface area contributed by atoms with E-state index in [1.807, 2.05) is 0 Å². The van der Waals surface area contributed by atoms with E-state index in [4.69, 9.17) is 4.74 Å². The van der Waals surface area contributed by atoms with E-state index in [-0.39, 0.29) is 11.3 Å². The van der Waals surface area contributed by atoms with Crippen molar-refractivity contribution >= 4 is 16.0 Å². The van der Waals surface area contributed by atoms with Crippen molar-refractivity contribution in [2.45, 2.75) is 24.7 Å². The fraction of sp³-hybridized carbons (Fsp3) is 0.364. The molecule has 1 N–H and O–H groups in total. The van der Waals surface area contributed by atoms with Gasteiger partial charge in [-0.25, -0.2) is 8.42 Å². The molecule has 0 fully saturated rings. The zero-order valence-electron chi connectivity index (χ0n) is 10.2. The molecule has 1 aromatic carbocycles. The first-order chi connectivity index (χ1) is 8.49. The summed E-state index contributed by atoms with van der Waals surface area (Å²) in [6, 6.07) is 5.85. The Kier molecular flexibility index (Phi) is 5.11. The molecule has 0 aliphatic rings. The summed E-state index contributed by atoms with van der Waals surface area (Å²) in [6.07, 6.45) is 0.736. The molecule has 0 aliphatic heterocycles. The first kappa shape index (κ1) is 14.5. The molecular weight excluding hydrogens is 258 g/mol. The molecule has 0 amide bonds. The highest BCUT2D eigenvalue weighted by Crippen LogP contribution is 2.16.